The molecule has 1 saturated heterocycles. The topological polar surface area (TPSA) is 75.7 Å². The van der Waals surface area contributed by atoms with Crippen molar-refractivity contribution in [1.82, 2.24) is 9.62 Å². The molecule has 1 heterocycles. The lowest BCUT2D eigenvalue weighted by molar-refractivity contribution is -0.144. The highest BCUT2D eigenvalue weighted by atomic mass is 32.2. The third-order valence-electron chi connectivity index (χ3n) is 6.33. The van der Waals surface area contributed by atoms with Crippen LogP contribution in [0, 0.1) is 5.92 Å². The van der Waals surface area contributed by atoms with Crippen LogP contribution in [0.25, 0.3) is 11.1 Å². The van der Waals surface area contributed by atoms with Gasteiger partial charge in [0.25, 0.3) is 0 Å². The fraction of sp³-hybridized carbons (Fsp3) is 0.296. The van der Waals surface area contributed by atoms with Crippen molar-refractivity contribution in [3.05, 3.63) is 90.5 Å². The van der Waals surface area contributed by atoms with E-state index < -0.39 is 22.0 Å². The van der Waals surface area contributed by atoms with Gasteiger partial charge in [-0.2, -0.15) is 4.72 Å². The number of ether oxygens (including phenoxy) is 1. The maximum atomic E-state index is 12.8. The molecule has 34 heavy (non-hydrogen) atoms. The predicted octanol–water partition coefficient (Wildman–Crippen LogP) is 4.09. The number of esters is 1. The monoisotopic (exact) mass is 478 g/mol. The Hall–Kier alpha value is -3.00. The molecule has 4 rings (SSSR count). The Morgan fingerprint density at radius 3 is 2.21 bits per heavy atom. The van der Waals surface area contributed by atoms with Crippen molar-refractivity contribution in [3.63, 3.8) is 0 Å². The molecule has 0 amide bonds. The van der Waals surface area contributed by atoms with Crippen molar-refractivity contribution in [2.75, 3.05) is 20.2 Å². The molecule has 3 aromatic rings. The molecular formula is C27H30N2O4S. The van der Waals surface area contributed by atoms with E-state index in [2.05, 4.69) is 46.0 Å². The van der Waals surface area contributed by atoms with Crippen LogP contribution in [0.5, 0.6) is 0 Å². The zero-order chi connectivity index (χ0) is 24.0. The number of sulfonamides is 1. The molecule has 0 spiro atoms. The molecule has 7 heteroatoms. The molecule has 1 aliphatic rings. The summed E-state index contributed by atoms with van der Waals surface area (Å²) in [6.45, 7) is 2.37. The fourth-order valence-electron chi connectivity index (χ4n) is 4.48. The van der Waals surface area contributed by atoms with Gasteiger partial charge in [-0.25, -0.2) is 8.42 Å². The SMILES string of the molecule is COC(=O)C(NS(=O)(=O)c1ccccc1)C1CCN(Cc2cccc(-c3ccccc3)c2)CC1. The van der Waals surface area contributed by atoms with Crippen molar-refractivity contribution < 1.29 is 17.9 Å². The normalized spacial score (nSPS) is 16.1. The number of carbonyl (C=O) groups excluding carboxylic acids is 1. The number of hydrogen-bond donors (Lipinski definition) is 1. The highest BCUT2D eigenvalue weighted by Crippen LogP contribution is 2.26. The van der Waals surface area contributed by atoms with Gasteiger partial charge in [-0.15, -0.1) is 0 Å². The van der Waals surface area contributed by atoms with Crippen molar-refractivity contribution in [2.45, 2.75) is 30.3 Å². The molecule has 0 saturated carbocycles. The molecule has 0 aliphatic carbocycles. The fourth-order valence-corrected chi connectivity index (χ4v) is 5.76. The first-order chi connectivity index (χ1) is 16.5. The van der Waals surface area contributed by atoms with Crippen LogP contribution in [0.3, 0.4) is 0 Å². The van der Waals surface area contributed by atoms with Crippen LogP contribution in [0.15, 0.2) is 89.8 Å². The summed E-state index contributed by atoms with van der Waals surface area (Å²) in [4.78, 5) is 15.0. The van der Waals surface area contributed by atoms with Gasteiger partial charge in [-0.1, -0.05) is 66.7 Å². The van der Waals surface area contributed by atoms with E-state index >= 15 is 0 Å². The first-order valence-electron chi connectivity index (χ1n) is 11.5. The molecule has 3 aromatic carbocycles. The van der Waals surface area contributed by atoms with Gasteiger partial charge in [-0.05, 0) is 66.7 Å². The minimum absolute atomic E-state index is 0.127. The van der Waals surface area contributed by atoms with Gasteiger partial charge < -0.3 is 4.74 Å². The Labute approximate surface area is 201 Å². The van der Waals surface area contributed by atoms with Crippen LogP contribution in [0.4, 0.5) is 0 Å². The van der Waals surface area contributed by atoms with E-state index in [-0.39, 0.29) is 10.8 Å². The van der Waals surface area contributed by atoms with Gasteiger partial charge in [0.2, 0.25) is 10.0 Å². The number of likely N-dealkylation sites (tertiary alicyclic amines) is 1. The van der Waals surface area contributed by atoms with Crippen molar-refractivity contribution in [3.8, 4) is 11.1 Å². The maximum Gasteiger partial charge on any atom is 0.324 e. The number of nitrogens with one attached hydrogen (secondary N) is 1. The van der Waals surface area contributed by atoms with Gasteiger partial charge >= 0.3 is 5.97 Å². The molecular weight excluding hydrogens is 448 g/mol. The van der Waals surface area contributed by atoms with Crippen LogP contribution < -0.4 is 4.72 Å². The number of rotatable bonds is 8. The standard InChI is InChI=1S/C27H30N2O4S/c1-33-27(30)26(28-34(31,32)25-13-6-3-7-14-25)23-15-17-29(18-16-23)20-21-9-8-12-24(19-21)22-10-4-2-5-11-22/h2-14,19,23,26,28H,15-18,20H2,1H3. The lowest BCUT2D eigenvalue weighted by Gasteiger charge is -2.35. The van der Waals surface area contributed by atoms with E-state index in [0.29, 0.717) is 12.8 Å². The zero-order valence-electron chi connectivity index (χ0n) is 19.3. The smallest absolute Gasteiger partial charge is 0.324 e. The molecule has 0 bridgehead atoms. The van der Waals surface area contributed by atoms with Crippen LogP contribution in [-0.2, 0) is 26.1 Å². The first kappa shape index (κ1) is 24.1. The van der Waals surface area contributed by atoms with E-state index in [0.717, 1.165) is 19.6 Å². The van der Waals surface area contributed by atoms with E-state index in [9.17, 15) is 13.2 Å². The number of piperidine rings is 1. The number of carbonyl (C=O) groups is 1. The Morgan fingerprint density at radius 1 is 0.941 bits per heavy atom. The summed E-state index contributed by atoms with van der Waals surface area (Å²) in [5.41, 5.74) is 3.61. The third kappa shape index (κ3) is 5.91. The van der Waals surface area contributed by atoms with E-state index in [1.165, 1.54) is 35.9 Å². The summed E-state index contributed by atoms with van der Waals surface area (Å²) < 4.78 is 33.2. The summed E-state index contributed by atoms with van der Waals surface area (Å²) in [6.07, 6.45) is 1.41. The summed E-state index contributed by atoms with van der Waals surface area (Å²) in [7, 11) is -2.53. The third-order valence-corrected chi connectivity index (χ3v) is 7.79. The molecule has 1 unspecified atom stereocenters. The Kier molecular flexibility index (Phi) is 7.77. The Bertz CT molecular complexity index is 1190. The van der Waals surface area contributed by atoms with Crippen LogP contribution in [0.2, 0.25) is 0 Å². The first-order valence-corrected chi connectivity index (χ1v) is 13.0. The van der Waals surface area contributed by atoms with Crippen LogP contribution in [0.1, 0.15) is 18.4 Å². The number of benzene rings is 3. The predicted molar refractivity (Wildman–Crippen MR) is 132 cm³/mol. The molecule has 178 valence electrons. The van der Waals surface area contributed by atoms with Crippen molar-refractivity contribution in [1.29, 1.82) is 0 Å². The summed E-state index contributed by atoms with van der Waals surface area (Å²) in [5.74, 6) is -0.675. The van der Waals surface area contributed by atoms with Gasteiger partial charge in [-0.3, -0.25) is 9.69 Å². The molecule has 6 nitrogen and oxygen atoms in total. The summed E-state index contributed by atoms with van der Waals surface area (Å²) in [5, 5.41) is 0. The molecule has 1 atom stereocenters. The largest absolute Gasteiger partial charge is 0.468 e. The lowest BCUT2D eigenvalue weighted by Crippen LogP contribution is -2.49. The second-order valence-corrected chi connectivity index (χ2v) is 10.3. The molecule has 0 aromatic heterocycles. The maximum absolute atomic E-state index is 12.8. The van der Waals surface area contributed by atoms with Crippen molar-refractivity contribution >= 4 is 16.0 Å². The van der Waals surface area contributed by atoms with Gasteiger partial charge in [0.05, 0.1) is 12.0 Å². The summed E-state index contributed by atoms with van der Waals surface area (Å²) in [6, 6.07) is 26.0. The zero-order valence-corrected chi connectivity index (χ0v) is 20.1. The number of nitrogens with zero attached hydrogens (tertiary/aromatic N) is 1. The van der Waals surface area contributed by atoms with Crippen LogP contribution in [-0.4, -0.2) is 45.5 Å². The van der Waals surface area contributed by atoms with Crippen molar-refractivity contribution in [2.24, 2.45) is 5.92 Å². The highest BCUT2D eigenvalue weighted by molar-refractivity contribution is 7.89. The van der Waals surface area contributed by atoms with E-state index in [1.54, 1.807) is 18.2 Å². The molecule has 0 radical (unpaired) electrons. The highest BCUT2D eigenvalue weighted by Gasteiger charge is 2.35. The van der Waals surface area contributed by atoms with E-state index in [1.807, 2.05) is 18.2 Å². The molecule has 1 aliphatic heterocycles. The average molecular weight is 479 g/mol. The molecule has 1 fully saturated rings. The average Bonchev–Trinajstić information content (AvgIpc) is 2.89. The Morgan fingerprint density at radius 2 is 1.56 bits per heavy atom. The minimum Gasteiger partial charge on any atom is -0.468 e. The minimum atomic E-state index is -3.82. The lowest BCUT2D eigenvalue weighted by atomic mass is 9.89. The second kappa shape index (κ2) is 11.0. The summed E-state index contributed by atoms with van der Waals surface area (Å²) >= 11 is 0. The Balaban J connectivity index is 1.40. The van der Waals surface area contributed by atoms with Gasteiger partial charge in [0.15, 0.2) is 0 Å². The van der Waals surface area contributed by atoms with Crippen LogP contribution >= 0.6 is 0 Å². The van der Waals surface area contributed by atoms with E-state index in [4.69, 9.17) is 4.74 Å². The quantitative estimate of drug-likeness (QED) is 0.494. The second-order valence-electron chi connectivity index (χ2n) is 8.62. The molecule has 1 N–H and O–H groups in total. The van der Waals surface area contributed by atoms with Gasteiger partial charge in [0, 0.05) is 6.54 Å². The number of hydrogen-bond acceptors (Lipinski definition) is 5. The van der Waals surface area contributed by atoms with Gasteiger partial charge in [0.1, 0.15) is 6.04 Å². The number of methoxy groups -OCH3 is 1.